The van der Waals surface area contributed by atoms with Crippen LogP contribution in [0.15, 0.2) is 36.7 Å². The van der Waals surface area contributed by atoms with Crippen LogP contribution in [0, 0.1) is 11.6 Å². The second kappa shape index (κ2) is 5.56. The predicted molar refractivity (Wildman–Crippen MR) is 65.2 cm³/mol. The third-order valence-corrected chi connectivity index (χ3v) is 2.46. The molecule has 5 heteroatoms. The van der Waals surface area contributed by atoms with Crippen LogP contribution in [-0.2, 0) is 0 Å². The molecule has 0 N–H and O–H groups in total. The van der Waals surface area contributed by atoms with Gasteiger partial charge in [-0.2, -0.15) is 0 Å². The van der Waals surface area contributed by atoms with Crippen molar-refractivity contribution in [3.63, 3.8) is 0 Å². The monoisotopic (exact) mass is 263 g/mol. The lowest BCUT2D eigenvalue weighted by atomic mass is 10.0. The SMILES string of the molecule is CCOc1cncc(C(=O)c2cc(F)ccc2F)c1. The largest absolute Gasteiger partial charge is 0.492 e. The van der Waals surface area contributed by atoms with Gasteiger partial charge in [-0.15, -0.1) is 0 Å². The zero-order valence-corrected chi connectivity index (χ0v) is 10.2. The Morgan fingerprint density at radius 3 is 2.79 bits per heavy atom. The Hall–Kier alpha value is -2.30. The average molecular weight is 263 g/mol. The standard InChI is InChI=1S/C14H11F2NO2/c1-2-19-11-5-9(7-17-8-11)14(18)12-6-10(15)3-4-13(12)16/h3-8H,2H2,1H3. The summed E-state index contributed by atoms with van der Waals surface area (Å²) in [6.45, 7) is 2.22. The predicted octanol–water partition coefficient (Wildman–Crippen LogP) is 2.99. The van der Waals surface area contributed by atoms with Crippen molar-refractivity contribution in [2.75, 3.05) is 6.61 Å². The summed E-state index contributed by atoms with van der Waals surface area (Å²) < 4.78 is 31.8. The molecule has 0 aliphatic rings. The van der Waals surface area contributed by atoms with Crippen LogP contribution in [0.2, 0.25) is 0 Å². The molecule has 0 bridgehead atoms. The van der Waals surface area contributed by atoms with Crippen LogP contribution in [0.5, 0.6) is 5.75 Å². The van der Waals surface area contributed by atoms with E-state index in [1.165, 1.54) is 18.5 Å². The third-order valence-electron chi connectivity index (χ3n) is 2.46. The number of benzene rings is 1. The van der Waals surface area contributed by atoms with Gasteiger partial charge in [-0.05, 0) is 31.2 Å². The molecule has 0 saturated carbocycles. The topological polar surface area (TPSA) is 39.2 Å². The molecule has 1 aromatic carbocycles. The summed E-state index contributed by atoms with van der Waals surface area (Å²) in [5, 5.41) is 0. The molecule has 0 fully saturated rings. The number of pyridine rings is 1. The van der Waals surface area contributed by atoms with Crippen molar-refractivity contribution >= 4 is 5.78 Å². The first-order chi connectivity index (χ1) is 9.11. The van der Waals surface area contributed by atoms with Crippen LogP contribution in [0.4, 0.5) is 8.78 Å². The zero-order chi connectivity index (χ0) is 13.8. The molecule has 1 heterocycles. The molecule has 0 saturated heterocycles. The minimum Gasteiger partial charge on any atom is -0.492 e. The molecule has 19 heavy (non-hydrogen) atoms. The molecule has 2 rings (SSSR count). The Labute approximate surface area is 108 Å². The highest BCUT2D eigenvalue weighted by molar-refractivity contribution is 6.09. The molecule has 3 nitrogen and oxygen atoms in total. The number of aromatic nitrogens is 1. The number of ether oxygens (including phenoxy) is 1. The molecular formula is C14H11F2NO2. The molecule has 98 valence electrons. The number of carbonyl (C=O) groups excluding carboxylic acids is 1. The quantitative estimate of drug-likeness (QED) is 0.796. The second-order valence-electron chi connectivity index (χ2n) is 3.80. The van der Waals surface area contributed by atoms with Gasteiger partial charge in [-0.25, -0.2) is 8.78 Å². The van der Waals surface area contributed by atoms with Crippen LogP contribution in [0.1, 0.15) is 22.8 Å². The first-order valence-electron chi connectivity index (χ1n) is 5.69. The van der Waals surface area contributed by atoms with Crippen LogP contribution in [0.3, 0.4) is 0 Å². The second-order valence-corrected chi connectivity index (χ2v) is 3.80. The summed E-state index contributed by atoms with van der Waals surface area (Å²) in [5.74, 6) is -1.66. The van der Waals surface area contributed by atoms with E-state index in [9.17, 15) is 13.6 Å². The van der Waals surface area contributed by atoms with Crippen molar-refractivity contribution in [3.05, 3.63) is 59.4 Å². The molecule has 0 aliphatic heterocycles. The van der Waals surface area contributed by atoms with E-state index >= 15 is 0 Å². The van der Waals surface area contributed by atoms with Gasteiger partial charge < -0.3 is 4.74 Å². The fourth-order valence-electron chi connectivity index (χ4n) is 1.62. The maximum Gasteiger partial charge on any atom is 0.197 e. The first kappa shape index (κ1) is 13.1. The molecule has 0 aliphatic carbocycles. The molecule has 0 radical (unpaired) electrons. The molecule has 0 spiro atoms. The van der Waals surface area contributed by atoms with Gasteiger partial charge in [-0.3, -0.25) is 9.78 Å². The summed E-state index contributed by atoms with van der Waals surface area (Å²) in [6, 6.07) is 4.19. The van der Waals surface area contributed by atoms with Crippen LogP contribution < -0.4 is 4.74 Å². The highest BCUT2D eigenvalue weighted by Crippen LogP contribution is 2.18. The summed E-state index contributed by atoms with van der Waals surface area (Å²) in [6.07, 6.45) is 2.73. The lowest BCUT2D eigenvalue weighted by Crippen LogP contribution is -2.06. The van der Waals surface area contributed by atoms with Gasteiger partial charge in [0.1, 0.15) is 17.4 Å². The Morgan fingerprint density at radius 1 is 1.26 bits per heavy atom. The number of rotatable bonds is 4. The number of hydrogen-bond donors (Lipinski definition) is 0. The van der Waals surface area contributed by atoms with E-state index in [-0.39, 0.29) is 11.1 Å². The van der Waals surface area contributed by atoms with Crippen LogP contribution in [0.25, 0.3) is 0 Å². The van der Waals surface area contributed by atoms with Crippen LogP contribution in [-0.4, -0.2) is 17.4 Å². The van der Waals surface area contributed by atoms with Gasteiger partial charge in [-0.1, -0.05) is 0 Å². The zero-order valence-electron chi connectivity index (χ0n) is 10.2. The van der Waals surface area contributed by atoms with Crippen molar-refractivity contribution in [2.45, 2.75) is 6.92 Å². The summed E-state index contributed by atoms with van der Waals surface area (Å²) in [5.41, 5.74) is -0.175. The van der Waals surface area contributed by atoms with Crippen molar-refractivity contribution < 1.29 is 18.3 Å². The van der Waals surface area contributed by atoms with Gasteiger partial charge in [0, 0.05) is 11.8 Å². The lowest BCUT2D eigenvalue weighted by Gasteiger charge is -2.05. The molecule has 0 unspecified atom stereocenters. The number of nitrogens with zero attached hydrogens (tertiary/aromatic N) is 1. The van der Waals surface area contributed by atoms with E-state index in [0.717, 1.165) is 18.2 Å². The highest BCUT2D eigenvalue weighted by Gasteiger charge is 2.16. The van der Waals surface area contributed by atoms with Gasteiger partial charge in [0.05, 0.1) is 18.4 Å². The minimum absolute atomic E-state index is 0.149. The van der Waals surface area contributed by atoms with Crippen molar-refractivity contribution in [1.82, 2.24) is 4.98 Å². The lowest BCUT2D eigenvalue weighted by molar-refractivity contribution is 0.103. The minimum atomic E-state index is -0.770. The van der Waals surface area contributed by atoms with E-state index in [1.807, 2.05) is 0 Å². The maximum atomic E-state index is 13.5. The number of hydrogen-bond acceptors (Lipinski definition) is 3. The summed E-state index contributed by atoms with van der Waals surface area (Å²) >= 11 is 0. The maximum absolute atomic E-state index is 13.5. The third kappa shape index (κ3) is 2.93. The highest BCUT2D eigenvalue weighted by atomic mass is 19.1. The van der Waals surface area contributed by atoms with Gasteiger partial charge >= 0.3 is 0 Å². The molecule has 0 amide bonds. The number of carbonyl (C=O) groups is 1. The van der Waals surface area contributed by atoms with E-state index < -0.39 is 17.4 Å². The summed E-state index contributed by atoms with van der Waals surface area (Å²) in [4.78, 5) is 15.9. The fraction of sp³-hybridized carbons (Fsp3) is 0.143. The van der Waals surface area contributed by atoms with E-state index in [1.54, 1.807) is 6.92 Å². The number of ketones is 1. The van der Waals surface area contributed by atoms with Crippen LogP contribution >= 0.6 is 0 Å². The number of halogens is 2. The van der Waals surface area contributed by atoms with E-state index in [2.05, 4.69) is 4.98 Å². The van der Waals surface area contributed by atoms with Gasteiger partial charge in [0.2, 0.25) is 0 Å². The Morgan fingerprint density at radius 2 is 2.05 bits per heavy atom. The van der Waals surface area contributed by atoms with Crippen molar-refractivity contribution in [3.8, 4) is 5.75 Å². The smallest absolute Gasteiger partial charge is 0.197 e. The van der Waals surface area contributed by atoms with E-state index in [0.29, 0.717) is 12.4 Å². The Bertz CT molecular complexity index is 614. The van der Waals surface area contributed by atoms with E-state index in [4.69, 9.17) is 4.74 Å². The normalized spacial score (nSPS) is 10.3. The van der Waals surface area contributed by atoms with Gasteiger partial charge in [0.25, 0.3) is 0 Å². The van der Waals surface area contributed by atoms with Crippen molar-refractivity contribution in [1.29, 1.82) is 0 Å². The molecular weight excluding hydrogens is 252 g/mol. The van der Waals surface area contributed by atoms with Crippen molar-refractivity contribution in [2.24, 2.45) is 0 Å². The fourth-order valence-corrected chi connectivity index (χ4v) is 1.62. The molecule has 1 aromatic heterocycles. The van der Waals surface area contributed by atoms with Gasteiger partial charge in [0.15, 0.2) is 5.78 Å². The molecule has 0 atom stereocenters. The Balaban J connectivity index is 2.38. The molecule has 2 aromatic rings. The average Bonchev–Trinajstić information content (AvgIpc) is 2.41. The Kier molecular flexibility index (Phi) is 3.85. The first-order valence-corrected chi connectivity index (χ1v) is 5.69. The summed E-state index contributed by atoms with van der Waals surface area (Å²) in [7, 11) is 0.